The van der Waals surface area contributed by atoms with E-state index in [4.69, 9.17) is 4.74 Å². The van der Waals surface area contributed by atoms with E-state index in [0.717, 1.165) is 49.9 Å². The number of anilines is 1. The van der Waals surface area contributed by atoms with Crippen molar-refractivity contribution in [1.29, 1.82) is 0 Å². The molecule has 1 fully saturated rings. The quantitative estimate of drug-likeness (QED) is 0.277. The number of nitrogens with zero attached hydrogens (tertiary/aromatic N) is 3. The molecule has 1 aliphatic rings. The van der Waals surface area contributed by atoms with E-state index < -0.39 is 23.6 Å². The number of imidazole rings is 1. The second kappa shape index (κ2) is 12.7. The zero-order chi connectivity index (χ0) is 29.7. The molecule has 10 heteroatoms. The first-order chi connectivity index (χ1) is 19.4. The minimum absolute atomic E-state index is 0.228. The normalized spacial score (nSPS) is 15.8. The maximum Gasteiger partial charge on any atom is 0.412 e. The summed E-state index contributed by atoms with van der Waals surface area (Å²) in [6.07, 6.45) is 4.19. The highest BCUT2D eigenvalue weighted by molar-refractivity contribution is 6.00. The van der Waals surface area contributed by atoms with Crippen molar-refractivity contribution >= 4 is 34.6 Å². The largest absolute Gasteiger partial charge is 0.444 e. The van der Waals surface area contributed by atoms with Gasteiger partial charge in [0.1, 0.15) is 11.6 Å². The van der Waals surface area contributed by atoms with Crippen LogP contribution in [0.15, 0.2) is 47.3 Å². The number of hydrogen-bond acceptors (Lipinski definition) is 6. The molecule has 0 bridgehead atoms. The van der Waals surface area contributed by atoms with Crippen LogP contribution in [-0.4, -0.2) is 51.1 Å². The molecule has 1 atom stereocenters. The lowest BCUT2D eigenvalue weighted by Crippen LogP contribution is -2.44. The molecule has 0 saturated carbocycles. The Morgan fingerprint density at radius 3 is 2.41 bits per heavy atom. The molecule has 3 amide bonds. The highest BCUT2D eigenvalue weighted by Crippen LogP contribution is 2.24. The lowest BCUT2D eigenvalue weighted by atomic mass is 10.0. The number of amides is 3. The summed E-state index contributed by atoms with van der Waals surface area (Å²) in [6, 6.07) is 13.1. The third-order valence-electron chi connectivity index (χ3n) is 7.23. The van der Waals surface area contributed by atoms with E-state index in [1.165, 1.54) is 10.1 Å². The molecule has 10 nitrogen and oxygen atoms in total. The maximum atomic E-state index is 13.0. The maximum absolute atomic E-state index is 13.0. The monoisotopic (exact) mass is 563 g/mol. The van der Waals surface area contributed by atoms with E-state index >= 15 is 0 Å². The van der Waals surface area contributed by atoms with E-state index in [0.29, 0.717) is 17.6 Å². The van der Waals surface area contributed by atoms with Crippen LogP contribution in [0, 0.1) is 0 Å². The van der Waals surface area contributed by atoms with Gasteiger partial charge in [0, 0.05) is 25.7 Å². The molecule has 1 aliphatic heterocycles. The summed E-state index contributed by atoms with van der Waals surface area (Å²) in [4.78, 5) is 51.1. The third-order valence-corrected chi connectivity index (χ3v) is 7.23. The van der Waals surface area contributed by atoms with Crippen LogP contribution < -0.4 is 16.3 Å². The van der Waals surface area contributed by atoms with E-state index in [9.17, 15) is 19.2 Å². The van der Waals surface area contributed by atoms with E-state index in [1.54, 1.807) is 11.6 Å². The van der Waals surface area contributed by atoms with Crippen LogP contribution in [0.4, 0.5) is 10.5 Å². The second-order valence-electron chi connectivity index (χ2n) is 11.9. The lowest BCUT2D eigenvalue weighted by molar-refractivity contribution is -0.135. The Labute approximate surface area is 240 Å². The molecule has 220 valence electrons. The Hall–Kier alpha value is -3.92. The van der Waals surface area contributed by atoms with Gasteiger partial charge in [0.15, 0.2) is 0 Å². The first-order valence-corrected chi connectivity index (χ1v) is 14.2. The summed E-state index contributed by atoms with van der Waals surface area (Å²) in [5, 5.41) is 5.10. The van der Waals surface area contributed by atoms with Gasteiger partial charge in [-0.25, -0.2) is 9.59 Å². The first-order valence-electron chi connectivity index (χ1n) is 14.2. The van der Waals surface area contributed by atoms with Gasteiger partial charge < -0.3 is 9.64 Å². The van der Waals surface area contributed by atoms with Crippen LogP contribution >= 0.6 is 0 Å². The Morgan fingerprint density at radius 1 is 1.02 bits per heavy atom. The number of imide groups is 1. The molecule has 0 radical (unpaired) electrons. The van der Waals surface area contributed by atoms with Gasteiger partial charge in [0.05, 0.1) is 11.0 Å². The minimum Gasteiger partial charge on any atom is -0.444 e. The fourth-order valence-corrected chi connectivity index (χ4v) is 5.19. The number of carbonyl (C=O) groups is 3. The van der Waals surface area contributed by atoms with Crippen LogP contribution in [0.1, 0.15) is 70.0 Å². The van der Waals surface area contributed by atoms with Crippen molar-refractivity contribution in [3.63, 3.8) is 0 Å². The Balaban J connectivity index is 1.23. The number of aryl methyl sites for hydroxylation is 2. The van der Waals surface area contributed by atoms with Gasteiger partial charge in [-0.3, -0.25) is 29.4 Å². The Morgan fingerprint density at radius 2 is 1.73 bits per heavy atom. The Kier molecular flexibility index (Phi) is 9.32. The first kappa shape index (κ1) is 30.0. The number of unbranched alkanes of at least 4 members (excludes halogenated alkanes) is 2. The number of benzene rings is 2. The highest BCUT2D eigenvalue weighted by atomic mass is 16.6. The number of carbonyl (C=O) groups excluding carboxylic acids is 3. The SMILES string of the molecule is CN(CCCCCc1ccc2c(c1)n(C)c(=O)n2C1CCC(=O)NC1=O)Cc1ccc(NC(=O)OC(C)(C)C)cc1. The van der Waals surface area contributed by atoms with Gasteiger partial charge in [-0.2, -0.15) is 0 Å². The van der Waals surface area contributed by atoms with Gasteiger partial charge in [0.2, 0.25) is 11.8 Å². The van der Waals surface area contributed by atoms with Crippen molar-refractivity contribution in [3.05, 3.63) is 64.1 Å². The summed E-state index contributed by atoms with van der Waals surface area (Å²) in [6.45, 7) is 7.30. The van der Waals surface area contributed by atoms with Gasteiger partial charge in [-0.05, 0) is 95.4 Å². The standard InChI is InChI=1S/C31H41N5O5/c1-31(2,3)41-29(39)32-23-13-10-22(11-14-23)20-34(4)18-8-6-7-9-21-12-15-24-26(19-21)35(5)30(40)36(24)25-16-17-27(37)33-28(25)38/h10-15,19,25H,6-9,16-18,20H2,1-5H3,(H,32,39)(H,33,37,38). The molecule has 2 heterocycles. The van der Waals surface area contributed by atoms with Gasteiger partial charge in [-0.1, -0.05) is 24.6 Å². The van der Waals surface area contributed by atoms with Crippen molar-refractivity contribution in [2.75, 3.05) is 18.9 Å². The summed E-state index contributed by atoms with van der Waals surface area (Å²) in [5.41, 5.74) is 3.76. The third kappa shape index (κ3) is 7.85. The summed E-state index contributed by atoms with van der Waals surface area (Å²) < 4.78 is 8.39. The van der Waals surface area contributed by atoms with Crippen LogP contribution in [0.2, 0.25) is 0 Å². The van der Waals surface area contributed by atoms with Crippen molar-refractivity contribution < 1.29 is 19.1 Å². The predicted molar refractivity (Wildman–Crippen MR) is 159 cm³/mol. The summed E-state index contributed by atoms with van der Waals surface area (Å²) >= 11 is 0. The predicted octanol–water partition coefficient (Wildman–Crippen LogP) is 4.51. The number of piperidine rings is 1. The van der Waals surface area contributed by atoms with Crippen molar-refractivity contribution in [2.24, 2.45) is 7.05 Å². The van der Waals surface area contributed by atoms with Crippen molar-refractivity contribution in [2.45, 2.75) is 77.5 Å². The van der Waals surface area contributed by atoms with Crippen molar-refractivity contribution in [1.82, 2.24) is 19.4 Å². The fourth-order valence-electron chi connectivity index (χ4n) is 5.19. The molecule has 2 aromatic carbocycles. The lowest BCUT2D eigenvalue weighted by Gasteiger charge is -2.21. The van der Waals surface area contributed by atoms with E-state index in [1.807, 2.05) is 63.2 Å². The molecule has 41 heavy (non-hydrogen) atoms. The molecule has 1 aromatic heterocycles. The zero-order valence-corrected chi connectivity index (χ0v) is 24.7. The van der Waals surface area contributed by atoms with Crippen molar-refractivity contribution in [3.8, 4) is 0 Å². The molecule has 1 saturated heterocycles. The minimum atomic E-state index is -0.668. The van der Waals surface area contributed by atoms with Gasteiger partial charge in [-0.15, -0.1) is 0 Å². The average molecular weight is 564 g/mol. The van der Waals surface area contributed by atoms with Crippen LogP contribution in [0.25, 0.3) is 11.0 Å². The molecule has 0 aliphatic carbocycles. The Bertz CT molecular complexity index is 1470. The highest BCUT2D eigenvalue weighted by Gasteiger charge is 2.31. The molecule has 2 N–H and O–H groups in total. The number of ether oxygens (including phenoxy) is 1. The number of rotatable bonds is 10. The van der Waals surface area contributed by atoms with Crippen LogP contribution in [0.5, 0.6) is 0 Å². The molecular formula is C31H41N5O5. The van der Waals surface area contributed by atoms with Crippen LogP contribution in [0.3, 0.4) is 0 Å². The molecule has 1 unspecified atom stereocenters. The number of fused-ring (bicyclic) bond motifs is 1. The topological polar surface area (TPSA) is 115 Å². The zero-order valence-electron chi connectivity index (χ0n) is 24.7. The fraction of sp³-hybridized carbons (Fsp3) is 0.484. The van der Waals surface area contributed by atoms with E-state index in [-0.39, 0.29) is 18.0 Å². The number of nitrogens with one attached hydrogen (secondary N) is 2. The second-order valence-corrected chi connectivity index (χ2v) is 11.9. The van der Waals surface area contributed by atoms with Gasteiger partial charge >= 0.3 is 11.8 Å². The molecule has 3 aromatic rings. The molecular weight excluding hydrogens is 522 g/mol. The summed E-state index contributed by atoms with van der Waals surface area (Å²) in [5.74, 6) is -0.714. The average Bonchev–Trinajstić information content (AvgIpc) is 3.13. The number of aromatic nitrogens is 2. The molecule has 4 rings (SSSR count). The summed E-state index contributed by atoms with van der Waals surface area (Å²) in [7, 11) is 3.83. The number of hydrogen-bond donors (Lipinski definition) is 2. The molecule has 0 spiro atoms. The van der Waals surface area contributed by atoms with E-state index in [2.05, 4.69) is 22.6 Å². The van der Waals surface area contributed by atoms with Crippen LogP contribution in [-0.2, 0) is 34.3 Å². The smallest absolute Gasteiger partial charge is 0.412 e. The van der Waals surface area contributed by atoms with Gasteiger partial charge in [0.25, 0.3) is 0 Å².